The van der Waals surface area contributed by atoms with Crippen LogP contribution in [0.5, 0.6) is 23.3 Å². The van der Waals surface area contributed by atoms with E-state index in [4.69, 9.17) is 18.9 Å². The number of rotatable bonds is 2. The normalized spacial score (nSPS) is 18.9. The molecule has 6 nitrogen and oxygen atoms in total. The van der Waals surface area contributed by atoms with Crippen LogP contribution in [0.25, 0.3) is 0 Å². The Kier molecular flexibility index (Phi) is 3.21. The van der Waals surface area contributed by atoms with Gasteiger partial charge in [-0.3, -0.25) is 0 Å². The second-order valence-corrected chi connectivity index (χ2v) is 5.35. The minimum Gasteiger partial charge on any atom is -0.484 e. The largest absolute Gasteiger partial charge is 0.484 e. The molecule has 2 aromatic rings. The van der Waals surface area contributed by atoms with Gasteiger partial charge in [0, 0.05) is 18.3 Å². The van der Waals surface area contributed by atoms with Crippen molar-refractivity contribution in [2.45, 2.75) is 19.4 Å². The SMILES string of the molecule is Cc1ccc2c(n1)OC(Cc1cnc3c(c1)OCCO3)CO2. The number of ether oxygens (including phenoxy) is 4. The molecule has 0 saturated heterocycles. The molecule has 2 aliphatic rings. The highest BCUT2D eigenvalue weighted by molar-refractivity contribution is 5.38. The maximum atomic E-state index is 5.92. The molecule has 6 heteroatoms. The van der Waals surface area contributed by atoms with Gasteiger partial charge in [-0.1, -0.05) is 0 Å². The summed E-state index contributed by atoms with van der Waals surface area (Å²) in [6.07, 6.45) is 2.38. The Balaban J connectivity index is 1.50. The fourth-order valence-corrected chi connectivity index (χ4v) is 2.54. The Morgan fingerprint density at radius 2 is 2.00 bits per heavy atom. The van der Waals surface area contributed by atoms with E-state index in [1.807, 2.05) is 25.1 Å². The number of aromatic nitrogens is 2. The smallest absolute Gasteiger partial charge is 0.257 e. The molecule has 4 heterocycles. The Labute approximate surface area is 128 Å². The van der Waals surface area contributed by atoms with Crippen LogP contribution in [-0.2, 0) is 6.42 Å². The van der Waals surface area contributed by atoms with Gasteiger partial charge in [-0.25, -0.2) is 9.97 Å². The highest BCUT2D eigenvalue weighted by Gasteiger charge is 2.23. The lowest BCUT2D eigenvalue weighted by atomic mass is 10.1. The van der Waals surface area contributed by atoms with Gasteiger partial charge < -0.3 is 18.9 Å². The summed E-state index contributed by atoms with van der Waals surface area (Å²) in [7, 11) is 0. The predicted octanol–water partition coefficient (Wildman–Crippen LogP) is 1.94. The molecule has 0 amide bonds. The number of pyridine rings is 2. The van der Waals surface area contributed by atoms with Crippen LogP contribution in [0.2, 0.25) is 0 Å². The van der Waals surface area contributed by atoms with Crippen LogP contribution >= 0.6 is 0 Å². The average molecular weight is 300 g/mol. The van der Waals surface area contributed by atoms with E-state index in [-0.39, 0.29) is 6.10 Å². The first kappa shape index (κ1) is 13.2. The summed E-state index contributed by atoms with van der Waals surface area (Å²) >= 11 is 0. The first-order valence-electron chi connectivity index (χ1n) is 7.29. The van der Waals surface area contributed by atoms with Gasteiger partial charge in [0.1, 0.15) is 25.9 Å². The molecule has 114 valence electrons. The Bertz CT molecular complexity index is 705. The monoisotopic (exact) mass is 300 g/mol. The second kappa shape index (κ2) is 5.36. The van der Waals surface area contributed by atoms with Gasteiger partial charge in [0.05, 0.1) is 0 Å². The van der Waals surface area contributed by atoms with Crippen LogP contribution < -0.4 is 18.9 Å². The average Bonchev–Trinajstić information content (AvgIpc) is 2.54. The van der Waals surface area contributed by atoms with Crippen molar-refractivity contribution in [3.8, 4) is 23.3 Å². The first-order valence-corrected chi connectivity index (χ1v) is 7.29. The summed E-state index contributed by atoms with van der Waals surface area (Å²) < 4.78 is 22.6. The molecule has 0 radical (unpaired) electrons. The fourth-order valence-electron chi connectivity index (χ4n) is 2.54. The number of hydrogen-bond acceptors (Lipinski definition) is 6. The van der Waals surface area contributed by atoms with Gasteiger partial charge >= 0.3 is 0 Å². The molecule has 0 spiro atoms. The highest BCUT2D eigenvalue weighted by atomic mass is 16.6. The lowest BCUT2D eigenvalue weighted by molar-refractivity contribution is 0.0847. The third-order valence-electron chi connectivity index (χ3n) is 3.59. The van der Waals surface area contributed by atoms with Gasteiger partial charge in [0.15, 0.2) is 11.5 Å². The molecule has 4 rings (SSSR count). The van der Waals surface area contributed by atoms with Crippen molar-refractivity contribution in [2.24, 2.45) is 0 Å². The predicted molar refractivity (Wildman–Crippen MR) is 77.8 cm³/mol. The van der Waals surface area contributed by atoms with Crippen LogP contribution in [0.4, 0.5) is 0 Å². The quantitative estimate of drug-likeness (QED) is 0.844. The molecule has 0 saturated carbocycles. The molecule has 0 bridgehead atoms. The molecule has 2 aliphatic heterocycles. The fraction of sp³-hybridized carbons (Fsp3) is 0.375. The van der Waals surface area contributed by atoms with Gasteiger partial charge in [0.2, 0.25) is 0 Å². The summed E-state index contributed by atoms with van der Waals surface area (Å²) in [6.45, 7) is 3.52. The summed E-state index contributed by atoms with van der Waals surface area (Å²) in [4.78, 5) is 8.65. The van der Waals surface area contributed by atoms with Crippen LogP contribution in [0, 0.1) is 6.92 Å². The van der Waals surface area contributed by atoms with Crippen LogP contribution in [-0.4, -0.2) is 35.9 Å². The van der Waals surface area contributed by atoms with Gasteiger partial charge in [-0.05, 0) is 30.7 Å². The molecule has 0 N–H and O–H groups in total. The van der Waals surface area contributed by atoms with Crippen LogP contribution in [0.3, 0.4) is 0 Å². The zero-order chi connectivity index (χ0) is 14.9. The van der Waals surface area contributed by atoms with E-state index in [0.29, 0.717) is 49.5 Å². The third kappa shape index (κ3) is 2.52. The Morgan fingerprint density at radius 3 is 2.95 bits per heavy atom. The number of nitrogens with zero attached hydrogens (tertiary/aromatic N) is 2. The maximum absolute atomic E-state index is 5.92. The highest BCUT2D eigenvalue weighted by Crippen LogP contribution is 2.32. The van der Waals surface area contributed by atoms with Crippen molar-refractivity contribution < 1.29 is 18.9 Å². The van der Waals surface area contributed by atoms with Crippen molar-refractivity contribution in [3.05, 3.63) is 35.7 Å². The molecular weight excluding hydrogens is 284 g/mol. The zero-order valence-electron chi connectivity index (χ0n) is 12.2. The Morgan fingerprint density at radius 1 is 1.09 bits per heavy atom. The zero-order valence-corrected chi connectivity index (χ0v) is 12.2. The molecule has 22 heavy (non-hydrogen) atoms. The summed E-state index contributed by atoms with van der Waals surface area (Å²) in [5.74, 6) is 2.50. The minimum absolute atomic E-state index is 0.0915. The lowest BCUT2D eigenvalue weighted by Gasteiger charge is -2.26. The van der Waals surface area contributed by atoms with Crippen molar-refractivity contribution >= 4 is 0 Å². The van der Waals surface area contributed by atoms with E-state index in [0.717, 1.165) is 11.3 Å². The van der Waals surface area contributed by atoms with E-state index in [2.05, 4.69) is 9.97 Å². The summed E-state index contributed by atoms with van der Waals surface area (Å²) in [5.41, 5.74) is 1.93. The molecular formula is C16H16N2O4. The maximum Gasteiger partial charge on any atom is 0.257 e. The van der Waals surface area contributed by atoms with Gasteiger partial charge in [0.25, 0.3) is 11.8 Å². The van der Waals surface area contributed by atoms with Crippen molar-refractivity contribution in [3.63, 3.8) is 0 Å². The third-order valence-corrected chi connectivity index (χ3v) is 3.59. The van der Waals surface area contributed by atoms with Crippen molar-refractivity contribution in [1.82, 2.24) is 9.97 Å². The van der Waals surface area contributed by atoms with E-state index < -0.39 is 0 Å². The van der Waals surface area contributed by atoms with Crippen LogP contribution in [0.15, 0.2) is 24.4 Å². The molecule has 1 unspecified atom stereocenters. The molecule has 0 fully saturated rings. The van der Waals surface area contributed by atoms with E-state index in [1.54, 1.807) is 6.20 Å². The van der Waals surface area contributed by atoms with Gasteiger partial charge in [-0.15, -0.1) is 0 Å². The molecule has 1 atom stereocenters. The lowest BCUT2D eigenvalue weighted by Crippen LogP contribution is -2.31. The second-order valence-electron chi connectivity index (χ2n) is 5.35. The number of hydrogen-bond donors (Lipinski definition) is 0. The standard InChI is InChI=1S/C16H16N2O4/c1-10-2-3-13-16(18-10)22-12(9-21-13)6-11-7-14-15(17-8-11)20-5-4-19-14/h2-3,7-8,12H,4-6,9H2,1H3. The van der Waals surface area contributed by atoms with Crippen LogP contribution in [0.1, 0.15) is 11.3 Å². The van der Waals surface area contributed by atoms with Crippen molar-refractivity contribution in [2.75, 3.05) is 19.8 Å². The summed E-state index contributed by atoms with van der Waals surface area (Å²) in [6, 6.07) is 5.75. The molecule has 2 aromatic heterocycles. The number of fused-ring (bicyclic) bond motifs is 2. The van der Waals surface area contributed by atoms with E-state index in [9.17, 15) is 0 Å². The summed E-state index contributed by atoms with van der Waals surface area (Å²) in [5, 5.41) is 0. The Hall–Kier alpha value is -2.50. The number of aryl methyl sites for hydroxylation is 1. The molecule has 0 aliphatic carbocycles. The topological polar surface area (TPSA) is 62.7 Å². The first-order chi connectivity index (χ1) is 10.8. The van der Waals surface area contributed by atoms with Crippen molar-refractivity contribution in [1.29, 1.82) is 0 Å². The minimum atomic E-state index is -0.0915. The van der Waals surface area contributed by atoms with E-state index in [1.165, 1.54) is 0 Å². The van der Waals surface area contributed by atoms with Gasteiger partial charge in [-0.2, -0.15) is 0 Å². The molecule has 0 aromatic carbocycles. The van der Waals surface area contributed by atoms with E-state index >= 15 is 0 Å².